The Morgan fingerprint density at radius 3 is 2.49 bits per heavy atom. The first-order chi connectivity index (χ1) is 16.8. The highest BCUT2D eigenvalue weighted by Crippen LogP contribution is 2.50. The summed E-state index contributed by atoms with van der Waals surface area (Å²) in [5.74, 6) is -0.378. The molecule has 1 amide bonds. The van der Waals surface area contributed by atoms with E-state index in [4.69, 9.17) is 12.2 Å². The minimum atomic E-state index is -1.54. The quantitative estimate of drug-likeness (QED) is 0.348. The maximum absolute atomic E-state index is 14.1. The smallest absolute Gasteiger partial charge is 0.268 e. The second kappa shape index (κ2) is 9.23. The van der Waals surface area contributed by atoms with Crippen molar-refractivity contribution in [3.63, 3.8) is 0 Å². The van der Waals surface area contributed by atoms with E-state index in [0.717, 1.165) is 17.5 Å². The van der Waals surface area contributed by atoms with Crippen LogP contribution in [-0.4, -0.2) is 60.1 Å². The minimum absolute atomic E-state index is 0.183. The number of hydrogen-bond donors (Lipinski definition) is 1. The van der Waals surface area contributed by atoms with Crippen LogP contribution in [-0.2, 0) is 15.6 Å². The normalized spacial score (nSPS) is 27.2. The van der Waals surface area contributed by atoms with E-state index in [-0.39, 0.29) is 11.8 Å². The Kier molecular flexibility index (Phi) is 6.41. The van der Waals surface area contributed by atoms with E-state index in [9.17, 15) is 14.1 Å². The van der Waals surface area contributed by atoms with Crippen LogP contribution >= 0.6 is 34.5 Å². The van der Waals surface area contributed by atoms with Crippen LogP contribution in [0.25, 0.3) is 0 Å². The van der Waals surface area contributed by atoms with E-state index >= 15 is 0 Å². The van der Waals surface area contributed by atoms with E-state index in [1.54, 1.807) is 15.2 Å². The molecule has 8 nitrogen and oxygen atoms in total. The molecule has 4 aliphatic heterocycles. The zero-order chi connectivity index (χ0) is 25.0. The zero-order valence-electron chi connectivity index (χ0n) is 19.7. The third kappa shape index (κ3) is 3.69. The van der Waals surface area contributed by atoms with Gasteiger partial charge < -0.3 is 25.1 Å². The van der Waals surface area contributed by atoms with Crippen LogP contribution in [0.3, 0.4) is 0 Å². The molecular formula is C23H25N5O3S4-2. The van der Waals surface area contributed by atoms with Gasteiger partial charge in [0.15, 0.2) is 0 Å². The Bertz CT molecular complexity index is 1290. The first-order valence-corrected chi connectivity index (χ1v) is 14.9. The molecule has 4 aliphatic rings. The summed E-state index contributed by atoms with van der Waals surface area (Å²) in [6.07, 6.45) is 2.64. The van der Waals surface area contributed by atoms with Crippen molar-refractivity contribution in [3.05, 3.63) is 62.8 Å². The standard InChI is InChI=1S/C23H26N5O3S4/c1-5-26-12-16(19-24-14-10-8-9-11-15(14)25(19)4)35(31)23(26)34-13-17(29)27(6-2)21(34)18-20(30)28(7-3)22(32)33-18/h8-13,24,29H,5-7H2,1-4H3/q-1/p-1. The van der Waals surface area contributed by atoms with Gasteiger partial charge in [0.1, 0.15) is 13.5 Å². The van der Waals surface area contributed by atoms with Crippen molar-refractivity contribution in [2.24, 2.45) is 0 Å². The van der Waals surface area contributed by atoms with Gasteiger partial charge in [0.25, 0.3) is 5.91 Å². The minimum Gasteiger partial charge on any atom is -0.860 e. The molecule has 0 bridgehead atoms. The molecule has 1 saturated heterocycles. The second-order valence-electron chi connectivity index (χ2n) is 7.95. The van der Waals surface area contributed by atoms with Crippen molar-refractivity contribution in [2.75, 3.05) is 36.9 Å². The van der Waals surface area contributed by atoms with E-state index in [1.807, 2.05) is 68.1 Å². The van der Waals surface area contributed by atoms with Gasteiger partial charge in [-0.1, -0.05) is 51.5 Å². The highest BCUT2D eigenvalue weighted by atomic mass is 32.2. The lowest BCUT2D eigenvalue weighted by molar-refractivity contribution is -0.327. The molecular weight excluding hydrogens is 523 g/mol. The number of anilines is 2. The third-order valence-corrected chi connectivity index (χ3v) is 11.8. The number of carbonyl (C=O) groups is 1. The lowest BCUT2D eigenvalue weighted by Gasteiger charge is -2.31. The number of nitrogens with zero attached hydrogens (tertiary/aromatic N) is 4. The summed E-state index contributed by atoms with van der Waals surface area (Å²) in [7, 11) is -0.549. The Labute approximate surface area is 219 Å². The van der Waals surface area contributed by atoms with Crippen LogP contribution in [0.15, 0.2) is 56.6 Å². The number of rotatable bonds is 4. The van der Waals surface area contributed by atoms with Gasteiger partial charge in [-0.25, -0.2) is 4.21 Å². The molecule has 4 heterocycles. The number of fused-ring (bicyclic) bond motifs is 1. The fourth-order valence-electron chi connectivity index (χ4n) is 4.34. The molecule has 0 aromatic heterocycles. The Morgan fingerprint density at radius 2 is 1.86 bits per heavy atom. The maximum Gasteiger partial charge on any atom is 0.268 e. The average Bonchev–Trinajstić information content (AvgIpc) is 3.54. The topological polar surface area (TPSA) is 82.2 Å². The first kappa shape index (κ1) is 24.3. The average molecular weight is 548 g/mol. The number of hydrogen-bond acceptors (Lipinski definition) is 8. The summed E-state index contributed by atoms with van der Waals surface area (Å²) in [6.45, 7) is 7.18. The monoisotopic (exact) mass is 547 g/mol. The van der Waals surface area contributed by atoms with Crippen LogP contribution in [0.2, 0.25) is 0 Å². The molecule has 0 spiro atoms. The summed E-state index contributed by atoms with van der Waals surface area (Å²) < 4.78 is 15.1. The highest BCUT2D eigenvalue weighted by molar-refractivity contribution is 8.34. The lowest BCUT2D eigenvalue weighted by atomic mass is 10.3. The van der Waals surface area contributed by atoms with Crippen molar-refractivity contribution >= 4 is 71.2 Å². The molecule has 35 heavy (non-hydrogen) atoms. The fraction of sp³-hybridized carbons (Fsp3) is 0.304. The molecule has 5 rings (SSSR count). The summed E-state index contributed by atoms with van der Waals surface area (Å²) in [4.78, 5) is 21.4. The molecule has 2 unspecified atom stereocenters. The number of likely N-dealkylation sites (N-methyl/N-ethyl adjacent to an activating group) is 2. The van der Waals surface area contributed by atoms with Crippen LogP contribution in [0.1, 0.15) is 20.8 Å². The molecule has 12 heteroatoms. The van der Waals surface area contributed by atoms with Gasteiger partial charge in [-0.15, -0.1) is 6.20 Å². The summed E-state index contributed by atoms with van der Waals surface area (Å²) in [6, 6.07) is 7.91. The van der Waals surface area contributed by atoms with Gasteiger partial charge in [0, 0.05) is 31.0 Å². The molecule has 0 radical (unpaired) electrons. The van der Waals surface area contributed by atoms with E-state index in [2.05, 4.69) is 5.32 Å². The van der Waals surface area contributed by atoms with E-state index in [1.165, 1.54) is 11.8 Å². The van der Waals surface area contributed by atoms with E-state index < -0.39 is 21.3 Å². The van der Waals surface area contributed by atoms with Crippen molar-refractivity contribution in [2.45, 2.75) is 20.8 Å². The van der Waals surface area contributed by atoms with Crippen LogP contribution < -0.4 is 15.3 Å². The summed E-state index contributed by atoms with van der Waals surface area (Å²) >= 11 is 6.66. The predicted octanol–water partition coefficient (Wildman–Crippen LogP) is 2.86. The Morgan fingerprint density at radius 1 is 1.14 bits per heavy atom. The largest absolute Gasteiger partial charge is 0.860 e. The maximum atomic E-state index is 14.1. The van der Waals surface area contributed by atoms with Gasteiger partial charge in [-0.05, 0) is 57.4 Å². The van der Waals surface area contributed by atoms with Gasteiger partial charge in [0.05, 0.1) is 15.8 Å². The molecule has 0 saturated carbocycles. The number of amides is 1. The highest BCUT2D eigenvalue weighted by Gasteiger charge is 2.39. The summed E-state index contributed by atoms with van der Waals surface area (Å²) in [5, 5.41) is 18.6. The Hall–Kier alpha value is -2.41. The Balaban J connectivity index is 1.61. The molecule has 0 aliphatic carbocycles. The number of benzene rings is 1. The molecule has 186 valence electrons. The molecule has 1 N–H and O–H groups in total. The van der Waals surface area contributed by atoms with Gasteiger partial charge >= 0.3 is 0 Å². The first-order valence-electron chi connectivity index (χ1n) is 11.2. The predicted molar refractivity (Wildman–Crippen MR) is 148 cm³/mol. The van der Waals surface area contributed by atoms with Crippen molar-refractivity contribution in [3.8, 4) is 0 Å². The van der Waals surface area contributed by atoms with Crippen molar-refractivity contribution in [1.82, 2.24) is 14.7 Å². The number of nitrogens with one attached hydrogen (secondary N) is 1. The number of carbonyl (C=O) groups excluding carboxylic acids is 1. The third-order valence-electron chi connectivity index (χ3n) is 6.10. The van der Waals surface area contributed by atoms with E-state index in [0.29, 0.717) is 43.1 Å². The molecule has 1 aromatic carbocycles. The van der Waals surface area contributed by atoms with Crippen molar-refractivity contribution in [1.29, 1.82) is 0 Å². The second-order valence-corrected chi connectivity index (χ2v) is 12.9. The number of thiocarbonyl (C=S) groups is 1. The van der Waals surface area contributed by atoms with Crippen LogP contribution in [0, 0.1) is 6.17 Å². The van der Waals surface area contributed by atoms with Gasteiger partial charge in [-0.3, -0.25) is 9.69 Å². The fourth-order valence-corrected chi connectivity index (χ4v) is 10.4. The van der Waals surface area contributed by atoms with Gasteiger partial charge in [0.2, 0.25) is 0 Å². The molecule has 1 aromatic rings. The number of thioether (sulfide) groups is 1. The lowest BCUT2D eigenvalue weighted by Crippen LogP contribution is -2.30. The molecule has 1 fully saturated rings. The number of para-hydroxylation sites is 2. The molecule has 2 atom stereocenters. The van der Waals surface area contributed by atoms with Gasteiger partial charge in [-0.2, -0.15) is 0 Å². The van der Waals surface area contributed by atoms with Crippen LogP contribution in [0.5, 0.6) is 0 Å². The SMILES string of the molecule is CCN1C=C([C-]2Nc3ccccc3N2C)S(=O)C1=S1C=C([O-])N(CC)C1=C1SC(=S)N(CC)C1=O. The van der Waals surface area contributed by atoms with Crippen molar-refractivity contribution < 1.29 is 14.1 Å². The van der Waals surface area contributed by atoms with Crippen LogP contribution in [0.4, 0.5) is 11.4 Å². The summed E-state index contributed by atoms with van der Waals surface area (Å²) in [5.41, 5.74) is 1.95. The zero-order valence-corrected chi connectivity index (χ0v) is 23.0.